The van der Waals surface area contributed by atoms with E-state index in [0.717, 1.165) is 11.3 Å². The molecule has 0 aliphatic rings. The number of carbonyl (C=O) groups is 1. The first-order valence-corrected chi connectivity index (χ1v) is 6.42. The van der Waals surface area contributed by atoms with Crippen LogP contribution in [-0.4, -0.2) is 29.4 Å². The van der Waals surface area contributed by atoms with E-state index in [-0.39, 0.29) is 6.03 Å². The van der Waals surface area contributed by atoms with Crippen LogP contribution in [0.25, 0.3) is 11.3 Å². The average molecular weight is 282 g/mol. The smallest absolute Gasteiger partial charge is 0.321 e. The SMILES string of the molecule is CN(C)C(=O)Nc1cc(-c2cccc(Cl)c2)ns1. The van der Waals surface area contributed by atoms with Crippen molar-refractivity contribution in [3.63, 3.8) is 0 Å². The van der Waals surface area contributed by atoms with Crippen molar-refractivity contribution >= 4 is 34.2 Å². The van der Waals surface area contributed by atoms with Crippen molar-refractivity contribution in [2.75, 3.05) is 19.4 Å². The summed E-state index contributed by atoms with van der Waals surface area (Å²) in [4.78, 5) is 13.0. The highest BCUT2D eigenvalue weighted by atomic mass is 35.5. The lowest BCUT2D eigenvalue weighted by molar-refractivity contribution is 0.231. The van der Waals surface area contributed by atoms with Crippen LogP contribution in [0.4, 0.5) is 9.80 Å². The summed E-state index contributed by atoms with van der Waals surface area (Å²) in [6.45, 7) is 0. The van der Waals surface area contributed by atoms with Crippen LogP contribution in [0.1, 0.15) is 0 Å². The van der Waals surface area contributed by atoms with Gasteiger partial charge in [0.15, 0.2) is 0 Å². The molecule has 6 heteroatoms. The van der Waals surface area contributed by atoms with E-state index in [2.05, 4.69) is 9.69 Å². The molecule has 0 unspecified atom stereocenters. The molecule has 1 heterocycles. The van der Waals surface area contributed by atoms with E-state index >= 15 is 0 Å². The zero-order valence-corrected chi connectivity index (χ0v) is 11.5. The predicted octanol–water partition coefficient (Wildman–Crippen LogP) is 3.56. The number of carbonyl (C=O) groups excluding carboxylic acids is 1. The van der Waals surface area contributed by atoms with Crippen LogP contribution in [-0.2, 0) is 0 Å². The van der Waals surface area contributed by atoms with Gasteiger partial charge in [-0.1, -0.05) is 23.7 Å². The van der Waals surface area contributed by atoms with E-state index in [0.29, 0.717) is 10.0 Å². The Morgan fingerprint density at radius 3 is 2.83 bits per heavy atom. The second-order valence-electron chi connectivity index (χ2n) is 3.91. The Labute approximate surface area is 114 Å². The van der Waals surface area contributed by atoms with Gasteiger partial charge in [0.25, 0.3) is 0 Å². The Hall–Kier alpha value is -1.59. The molecule has 1 aromatic heterocycles. The molecule has 0 saturated carbocycles. The summed E-state index contributed by atoms with van der Waals surface area (Å²) >= 11 is 7.17. The number of hydrogen-bond acceptors (Lipinski definition) is 3. The van der Waals surface area contributed by atoms with Gasteiger partial charge < -0.3 is 4.90 Å². The van der Waals surface area contributed by atoms with Crippen LogP contribution < -0.4 is 5.32 Å². The number of nitrogens with zero attached hydrogens (tertiary/aromatic N) is 2. The molecule has 2 amide bonds. The number of urea groups is 1. The van der Waals surface area contributed by atoms with Gasteiger partial charge in [0.2, 0.25) is 0 Å². The maximum Gasteiger partial charge on any atom is 0.321 e. The number of nitrogens with one attached hydrogen (secondary N) is 1. The number of hydrogen-bond donors (Lipinski definition) is 1. The van der Waals surface area contributed by atoms with Crippen LogP contribution in [0.3, 0.4) is 0 Å². The molecule has 4 nitrogen and oxygen atoms in total. The van der Waals surface area contributed by atoms with E-state index in [4.69, 9.17) is 11.6 Å². The van der Waals surface area contributed by atoms with Gasteiger partial charge in [0.05, 0.1) is 5.69 Å². The van der Waals surface area contributed by atoms with Crippen LogP contribution in [0, 0.1) is 0 Å². The summed E-state index contributed by atoms with van der Waals surface area (Å²) in [5.41, 5.74) is 1.74. The van der Waals surface area contributed by atoms with E-state index in [1.807, 2.05) is 30.3 Å². The third-order valence-corrected chi connectivity index (χ3v) is 3.21. The molecule has 2 rings (SSSR count). The van der Waals surface area contributed by atoms with Crippen molar-refractivity contribution in [2.24, 2.45) is 0 Å². The highest BCUT2D eigenvalue weighted by Crippen LogP contribution is 2.27. The van der Waals surface area contributed by atoms with Gasteiger partial charge in [-0.25, -0.2) is 4.79 Å². The Kier molecular flexibility index (Phi) is 3.84. The molecule has 0 radical (unpaired) electrons. The van der Waals surface area contributed by atoms with Gasteiger partial charge in [-0.15, -0.1) is 0 Å². The predicted molar refractivity (Wildman–Crippen MR) is 75.3 cm³/mol. The molecule has 94 valence electrons. The van der Waals surface area contributed by atoms with E-state index in [1.54, 1.807) is 14.1 Å². The summed E-state index contributed by atoms with van der Waals surface area (Å²) in [5.74, 6) is 0. The fourth-order valence-electron chi connectivity index (χ4n) is 1.34. The lowest BCUT2D eigenvalue weighted by Crippen LogP contribution is -2.26. The molecule has 0 aliphatic heterocycles. The molecule has 0 bridgehead atoms. The van der Waals surface area contributed by atoms with Gasteiger partial charge in [-0.3, -0.25) is 5.32 Å². The summed E-state index contributed by atoms with van der Waals surface area (Å²) in [5, 5.41) is 4.13. The maximum absolute atomic E-state index is 11.5. The van der Waals surface area contributed by atoms with Gasteiger partial charge in [-0.2, -0.15) is 4.37 Å². The van der Waals surface area contributed by atoms with Crippen molar-refractivity contribution in [1.82, 2.24) is 9.27 Å². The standard InChI is InChI=1S/C12H12ClN3OS/c1-16(2)12(17)14-11-7-10(15-18-11)8-4-3-5-9(13)6-8/h3-7H,1-2H3,(H,14,17). The van der Waals surface area contributed by atoms with Gasteiger partial charge >= 0.3 is 6.03 Å². The second-order valence-corrected chi connectivity index (χ2v) is 5.15. The Balaban J connectivity index is 2.18. The molecule has 0 aliphatic carbocycles. The molecule has 0 spiro atoms. The van der Waals surface area contributed by atoms with Crippen LogP contribution in [0.5, 0.6) is 0 Å². The molecule has 1 N–H and O–H groups in total. The molecule has 0 fully saturated rings. The summed E-state index contributed by atoms with van der Waals surface area (Å²) in [6, 6.07) is 9.11. The van der Waals surface area contributed by atoms with Gasteiger partial charge in [0.1, 0.15) is 5.00 Å². The quantitative estimate of drug-likeness (QED) is 0.915. The minimum absolute atomic E-state index is 0.170. The normalized spacial score (nSPS) is 10.2. The van der Waals surface area contributed by atoms with Gasteiger partial charge in [0, 0.05) is 30.7 Å². The molecule has 2 aromatic rings. The number of amides is 2. The first-order chi connectivity index (χ1) is 8.56. The topological polar surface area (TPSA) is 45.2 Å². The maximum atomic E-state index is 11.5. The molecule has 18 heavy (non-hydrogen) atoms. The third-order valence-electron chi connectivity index (χ3n) is 2.27. The first-order valence-electron chi connectivity index (χ1n) is 5.27. The Morgan fingerprint density at radius 2 is 2.17 bits per heavy atom. The van der Waals surface area contributed by atoms with E-state index in [9.17, 15) is 4.79 Å². The monoisotopic (exact) mass is 281 g/mol. The van der Waals surface area contributed by atoms with E-state index < -0.39 is 0 Å². The number of halogens is 1. The Morgan fingerprint density at radius 1 is 1.39 bits per heavy atom. The van der Waals surface area contributed by atoms with Crippen LogP contribution >= 0.6 is 23.1 Å². The first kappa shape index (κ1) is 12.9. The minimum Gasteiger partial charge on any atom is -0.331 e. The molecular weight excluding hydrogens is 270 g/mol. The lowest BCUT2D eigenvalue weighted by Gasteiger charge is -2.09. The number of benzene rings is 1. The highest BCUT2D eigenvalue weighted by Gasteiger charge is 2.09. The molecule has 0 atom stereocenters. The highest BCUT2D eigenvalue weighted by molar-refractivity contribution is 7.10. The minimum atomic E-state index is -0.170. The largest absolute Gasteiger partial charge is 0.331 e. The second kappa shape index (κ2) is 5.37. The number of aromatic nitrogens is 1. The molecule has 0 saturated heterocycles. The van der Waals surface area contributed by atoms with Crippen LogP contribution in [0.2, 0.25) is 5.02 Å². The van der Waals surface area contributed by atoms with Crippen molar-refractivity contribution in [3.05, 3.63) is 35.4 Å². The average Bonchev–Trinajstić information content (AvgIpc) is 2.77. The number of rotatable bonds is 2. The fourth-order valence-corrected chi connectivity index (χ4v) is 2.18. The van der Waals surface area contributed by atoms with Gasteiger partial charge in [-0.05, 0) is 23.7 Å². The summed E-state index contributed by atoms with van der Waals surface area (Å²) in [7, 11) is 3.38. The van der Waals surface area contributed by atoms with Crippen LogP contribution in [0.15, 0.2) is 30.3 Å². The Bertz CT molecular complexity index is 568. The summed E-state index contributed by atoms with van der Waals surface area (Å²) < 4.78 is 4.29. The van der Waals surface area contributed by atoms with E-state index in [1.165, 1.54) is 16.4 Å². The third kappa shape index (κ3) is 3.00. The number of anilines is 1. The van der Waals surface area contributed by atoms with Crippen molar-refractivity contribution in [3.8, 4) is 11.3 Å². The lowest BCUT2D eigenvalue weighted by atomic mass is 10.1. The molecule has 1 aromatic carbocycles. The fraction of sp³-hybridized carbons (Fsp3) is 0.167. The van der Waals surface area contributed by atoms with Crippen molar-refractivity contribution in [2.45, 2.75) is 0 Å². The summed E-state index contributed by atoms with van der Waals surface area (Å²) in [6.07, 6.45) is 0. The molecular formula is C12H12ClN3OS. The zero-order valence-electron chi connectivity index (χ0n) is 9.98. The van der Waals surface area contributed by atoms with Crippen molar-refractivity contribution in [1.29, 1.82) is 0 Å². The van der Waals surface area contributed by atoms with Crippen molar-refractivity contribution < 1.29 is 4.79 Å². The zero-order chi connectivity index (χ0) is 13.1.